The van der Waals surface area contributed by atoms with E-state index in [0.29, 0.717) is 18.2 Å². The quantitative estimate of drug-likeness (QED) is 0.879. The zero-order chi connectivity index (χ0) is 13.0. The molecule has 1 aromatic carbocycles. The molecule has 1 unspecified atom stereocenters. The molecule has 1 aromatic heterocycles. The van der Waals surface area contributed by atoms with Crippen molar-refractivity contribution in [2.45, 2.75) is 33.2 Å². The SMILES string of the molecule is CCNC(C)c1nnc(Cc2ccc(C)cc2)o1. The molecule has 0 bridgehead atoms. The average Bonchev–Trinajstić information content (AvgIpc) is 2.81. The van der Waals surface area contributed by atoms with Crippen molar-refractivity contribution in [1.82, 2.24) is 15.5 Å². The molecule has 0 amide bonds. The fourth-order valence-electron chi connectivity index (χ4n) is 1.79. The normalized spacial score (nSPS) is 12.6. The van der Waals surface area contributed by atoms with Gasteiger partial charge in [0.15, 0.2) is 0 Å². The van der Waals surface area contributed by atoms with Crippen molar-refractivity contribution in [2.75, 3.05) is 6.54 Å². The van der Waals surface area contributed by atoms with Crippen molar-refractivity contribution in [2.24, 2.45) is 0 Å². The van der Waals surface area contributed by atoms with Gasteiger partial charge in [-0.2, -0.15) is 0 Å². The van der Waals surface area contributed by atoms with E-state index >= 15 is 0 Å². The lowest BCUT2D eigenvalue weighted by atomic mass is 10.1. The van der Waals surface area contributed by atoms with E-state index in [2.05, 4.69) is 53.6 Å². The van der Waals surface area contributed by atoms with E-state index in [0.717, 1.165) is 6.54 Å². The Morgan fingerprint density at radius 2 is 1.94 bits per heavy atom. The Bertz CT molecular complexity index is 490. The van der Waals surface area contributed by atoms with E-state index in [4.69, 9.17) is 4.42 Å². The van der Waals surface area contributed by atoms with Crippen LogP contribution in [0.15, 0.2) is 28.7 Å². The highest BCUT2D eigenvalue weighted by atomic mass is 16.4. The second-order valence-electron chi connectivity index (χ2n) is 4.48. The van der Waals surface area contributed by atoms with Gasteiger partial charge in [0, 0.05) is 0 Å². The van der Waals surface area contributed by atoms with Gasteiger partial charge in [-0.1, -0.05) is 36.8 Å². The van der Waals surface area contributed by atoms with Gasteiger partial charge in [0.1, 0.15) is 0 Å². The fraction of sp³-hybridized carbons (Fsp3) is 0.429. The third kappa shape index (κ3) is 3.17. The first kappa shape index (κ1) is 12.8. The van der Waals surface area contributed by atoms with E-state index in [1.54, 1.807) is 0 Å². The van der Waals surface area contributed by atoms with Crippen LogP contribution >= 0.6 is 0 Å². The van der Waals surface area contributed by atoms with Gasteiger partial charge in [0.2, 0.25) is 11.8 Å². The first-order chi connectivity index (χ1) is 8.69. The minimum atomic E-state index is 0.106. The zero-order valence-corrected chi connectivity index (χ0v) is 11.1. The molecule has 4 nitrogen and oxygen atoms in total. The fourth-order valence-corrected chi connectivity index (χ4v) is 1.79. The summed E-state index contributed by atoms with van der Waals surface area (Å²) in [7, 11) is 0. The maximum atomic E-state index is 5.65. The molecule has 0 saturated carbocycles. The standard InChI is InChI=1S/C14H19N3O/c1-4-15-11(3)14-17-16-13(18-14)9-12-7-5-10(2)6-8-12/h5-8,11,15H,4,9H2,1-3H3. The van der Waals surface area contributed by atoms with Gasteiger partial charge in [0.25, 0.3) is 0 Å². The molecule has 2 aromatic rings. The van der Waals surface area contributed by atoms with Crippen LogP contribution < -0.4 is 5.32 Å². The first-order valence-corrected chi connectivity index (χ1v) is 6.30. The second kappa shape index (κ2) is 5.78. The van der Waals surface area contributed by atoms with Gasteiger partial charge in [-0.3, -0.25) is 0 Å². The number of aryl methyl sites for hydroxylation is 1. The number of rotatable bonds is 5. The van der Waals surface area contributed by atoms with E-state index in [-0.39, 0.29) is 6.04 Å². The summed E-state index contributed by atoms with van der Waals surface area (Å²) in [4.78, 5) is 0. The van der Waals surface area contributed by atoms with E-state index in [1.807, 2.05) is 6.92 Å². The van der Waals surface area contributed by atoms with Crippen molar-refractivity contribution >= 4 is 0 Å². The van der Waals surface area contributed by atoms with Crippen LogP contribution in [0, 0.1) is 6.92 Å². The lowest BCUT2D eigenvalue weighted by Gasteiger charge is -2.05. The number of benzene rings is 1. The third-order valence-corrected chi connectivity index (χ3v) is 2.84. The lowest BCUT2D eigenvalue weighted by Crippen LogP contribution is -2.17. The van der Waals surface area contributed by atoms with Crippen LogP contribution in [0.25, 0.3) is 0 Å². The van der Waals surface area contributed by atoms with E-state index in [1.165, 1.54) is 11.1 Å². The Labute approximate surface area is 107 Å². The van der Waals surface area contributed by atoms with Crippen LogP contribution in [0.2, 0.25) is 0 Å². The summed E-state index contributed by atoms with van der Waals surface area (Å²) in [5.41, 5.74) is 2.44. The lowest BCUT2D eigenvalue weighted by molar-refractivity contribution is 0.401. The van der Waals surface area contributed by atoms with Crippen molar-refractivity contribution in [3.63, 3.8) is 0 Å². The minimum Gasteiger partial charge on any atom is -0.423 e. The van der Waals surface area contributed by atoms with Gasteiger partial charge in [-0.25, -0.2) is 0 Å². The van der Waals surface area contributed by atoms with E-state index in [9.17, 15) is 0 Å². The Hall–Kier alpha value is -1.68. The number of nitrogens with one attached hydrogen (secondary N) is 1. The average molecular weight is 245 g/mol. The molecule has 2 rings (SSSR count). The van der Waals surface area contributed by atoms with Gasteiger partial charge in [-0.05, 0) is 26.0 Å². The molecule has 0 saturated heterocycles. The van der Waals surface area contributed by atoms with Gasteiger partial charge >= 0.3 is 0 Å². The molecule has 0 fully saturated rings. The molecule has 4 heteroatoms. The van der Waals surface area contributed by atoms with Crippen molar-refractivity contribution in [3.05, 3.63) is 47.2 Å². The van der Waals surface area contributed by atoms with E-state index < -0.39 is 0 Å². The number of hydrogen-bond donors (Lipinski definition) is 1. The zero-order valence-electron chi connectivity index (χ0n) is 11.1. The summed E-state index contributed by atoms with van der Waals surface area (Å²) in [6.45, 7) is 7.04. The van der Waals surface area contributed by atoms with Crippen LogP contribution in [-0.4, -0.2) is 16.7 Å². The largest absolute Gasteiger partial charge is 0.423 e. The first-order valence-electron chi connectivity index (χ1n) is 6.30. The highest BCUT2D eigenvalue weighted by Crippen LogP contribution is 2.13. The molecule has 96 valence electrons. The van der Waals surface area contributed by atoms with Crippen LogP contribution in [-0.2, 0) is 6.42 Å². The van der Waals surface area contributed by atoms with Gasteiger partial charge in [-0.15, -0.1) is 10.2 Å². The van der Waals surface area contributed by atoms with Crippen molar-refractivity contribution in [1.29, 1.82) is 0 Å². The topological polar surface area (TPSA) is 51.0 Å². The maximum Gasteiger partial charge on any atom is 0.233 e. The summed E-state index contributed by atoms with van der Waals surface area (Å²) in [6.07, 6.45) is 0.687. The molecule has 1 atom stereocenters. The Balaban J connectivity index is 2.04. The molecule has 18 heavy (non-hydrogen) atoms. The van der Waals surface area contributed by atoms with Crippen LogP contribution in [0.3, 0.4) is 0 Å². The van der Waals surface area contributed by atoms with Crippen LogP contribution in [0.1, 0.15) is 42.8 Å². The molecule has 1 heterocycles. The highest BCUT2D eigenvalue weighted by Gasteiger charge is 2.12. The molecule has 0 radical (unpaired) electrons. The summed E-state index contributed by atoms with van der Waals surface area (Å²) < 4.78 is 5.65. The highest BCUT2D eigenvalue weighted by molar-refractivity contribution is 5.23. The molecule has 1 N–H and O–H groups in total. The Morgan fingerprint density at radius 1 is 1.22 bits per heavy atom. The summed E-state index contributed by atoms with van der Waals surface area (Å²) in [6, 6.07) is 8.47. The predicted octanol–water partition coefficient (Wildman–Crippen LogP) is 2.64. The van der Waals surface area contributed by atoms with Crippen LogP contribution in [0.5, 0.6) is 0 Å². The van der Waals surface area contributed by atoms with Gasteiger partial charge < -0.3 is 9.73 Å². The molecule has 0 aliphatic carbocycles. The maximum absolute atomic E-state index is 5.65. The summed E-state index contributed by atoms with van der Waals surface area (Å²) >= 11 is 0. The number of hydrogen-bond acceptors (Lipinski definition) is 4. The molecular weight excluding hydrogens is 226 g/mol. The molecule has 0 spiro atoms. The number of aromatic nitrogens is 2. The molecular formula is C14H19N3O. The van der Waals surface area contributed by atoms with Crippen molar-refractivity contribution < 1.29 is 4.42 Å². The summed E-state index contributed by atoms with van der Waals surface area (Å²) in [5.74, 6) is 1.32. The minimum absolute atomic E-state index is 0.106. The number of nitrogens with zero attached hydrogens (tertiary/aromatic N) is 2. The molecule has 0 aliphatic rings. The third-order valence-electron chi connectivity index (χ3n) is 2.84. The summed E-state index contributed by atoms with van der Waals surface area (Å²) in [5, 5.41) is 11.4. The van der Waals surface area contributed by atoms with Gasteiger partial charge in [0.05, 0.1) is 12.5 Å². The van der Waals surface area contributed by atoms with Crippen LogP contribution in [0.4, 0.5) is 0 Å². The Kier molecular flexibility index (Phi) is 4.10. The molecule has 0 aliphatic heterocycles. The predicted molar refractivity (Wildman–Crippen MR) is 70.4 cm³/mol. The second-order valence-corrected chi connectivity index (χ2v) is 4.48. The van der Waals surface area contributed by atoms with Crippen molar-refractivity contribution in [3.8, 4) is 0 Å². The monoisotopic (exact) mass is 245 g/mol. The Morgan fingerprint density at radius 3 is 2.61 bits per heavy atom. The smallest absolute Gasteiger partial charge is 0.233 e.